The molecule has 4 rings (SSSR count). The number of carbonyl (C=O) groups is 1. The summed E-state index contributed by atoms with van der Waals surface area (Å²) >= 11 is 0. The number of aromatic nitrogens is 4. The lowest BCUT2D eigenvalue weighted by Gasteiger charge is -2.14. The normalized spacial score (nSPS) is 20.5. The lowest BCUT2D eigenvalue weighted by Crippen LogP contribution is -2.29. The van der Waals surface area contributed by atoms with E-state index in [0.29, 0.717) is 25.2 Å². The van der Waals surface area contributed by atoms with E-state index in [4.69, 9.17) is 0 Å². The van der Waals surface area contributed by atoms with Gasteiger partial charge in [-0.1, -0.05) is 6.07 Å². The number of fused-ring (bicyclic) bond motifs is 1. The number of pyridine rings is 1. The number of aromatic amines is 1. The van der Waals surface area contributed by atoms with Gasteiger partial charge in [0.2, 0.25) is 0 Å². The highest BCUT2D eigenvalue weighted by molar-refractivity contribution is 5.93. The molecule has 0 radical (unpaired) electrons. The molecule has 0 aliphatic carbocycles. The summed E-state index contributed by atoms with van der Waals surface area (Å²) in [6, 6.07) is 7.76. The van der Waals surface area contributed by atoms with Crippen LogP contribution in [0.3, 0.4) is 0 Å². The first-order valence-electron chi connectivity index (χ1n) is 8.44. The van der Waals surface area contributed by atoms with Gasteiger partial charge >= 0.3 is 0 Å². The molecule has 1 saturated heterocycles. The molecule has 2 N–H and O–H groups in total. The third kappa shape index (κ3) is 2.91. The Hall–Kier alpha value is -2.67. The summed E-state index contributed by atoms with van der Waals surface area (Å²) in [7, 11) is 0. The Morgan fingerprint density at radius 1 is 1.36 bits per heavy atom. The van der Waals surface area contributed by atoms with Gasteiger partial charge in [0.15, 0.2) is 0 Å². The number of hydrogen-bond acceptors (Lipinski definition) is 4. The summed E-state index contributed by atoms with van der Waals surface area (Å²) in [6.07, 6.45) is 1.88. The Kier molecular flexibility index (Phi) is 3.80. The minimum Gasteiger partial charge on any atom is -0.391 e. The number of aryl methyl sites for hydroxylation is 2. The summed E-state index contributed by atoms with van der Waals surface area (Å²) in [5.74, 6) is -0.145. The largest absolute Gasteiger partial charge is 0.391 e. The molecule has 0 spiro atoms. The van der Waals surface area contributed by atoms with E-state index < -0.39 is 6.10 Å². The fraction of sp³-hybridized carbons (Fsp3) is 0.389. The van der Waals surface area contributed by atoms with Gasteiger partial charge in [0.05, 0.1) is 11.8 Å². The SMILES string of the molecule is Cc1cc(C[C@@H]2CN(C(=O)c3cn4c(C)cccc4n3)C[C@H]2O)n[nH]1. The Morgan fingerprint density at radius 2 is 2.20 bits per heavy atom. The van der Waals surface area contributed by atoms with E-state index in [1.165, 1.54) is 0 Å². The zero-order valence-corrected chi connectivity index (χ0v) is 14.3. The zero-order chi connectivity index (χ0) is 17.6. The van der Waals surface area contributed by atoms with Crippen molar-refractivity contribution in [3.8, 4) is 0 Å². The quantitative estimate of drug-likeness (QED) is 0.754. The molecule has 0 saturated carbocycles. The molecule has 1 amide bonds. The number of aliphatic hydroxyl groups excluding tert-OH is 1. The maximum absolute atomic E-state index is 12.8. The van der Waals surface area contributed by atoms with E-state index in [0.717, 1.165) is 22.7 Å². The molecule has 0 aromatic carbocycles. The number of amides is 1. The van der Waals surface area contributed by atoms with Crippen molar-refractivity contribution in [1.29, 1.82) is 0 Å². The molecule has 3 aromatic rings. The maximum atomic E-state index is 12.8. The first kappa shape index (κ1) is 15.8. The van der Waals surface area contributed by atoms with Crippen LogP contribution in [0, 0.1) is 19.8 Å². The van der Waals surface area contributed by atoms with Crippen LogP contribution in [0.5, 0.6) is 0 Å². The molecule has 4 heterocycles. The minimum atomic E-state index is -0.542. The van der Waals surface area contributed by atoms with Gasteiger partial charge in [0.25, 0.3) is 5.91 Å². The van der Waals surface area contributed by atoms with Crippen molar-refractivity contribution in [1.82, 2.24) is 24.5 Å². The van der Waals surface area contributed by atoms with Crippen LogP contribution in [0.1, 0.15) is 27.6 Å². The Morgan fingerprint density at radius 3 is 2.92 bits per heavy atom. The lowest BCUT2D eigenvalue weighted by molar-refractivity contribution is 0.0759. The maximum Gasteiger partial charge on any atom is 0.274 e. The molecule has 1 aliphatic rings. The Balaban J connectivity index is 1.51. The van der Waals surface area contributed by atoms with E-state index in [1.54, 1.807) is 11.1 Å². The number of hydrogen-bond donors (Lipinski definition) is 2. The molecular formula is C18H21N5O2. The smallest absolute Gasteiger partial charge is 0.274 e. The Labute approximate surface area is 145 Å². The van der Waals surface area contributed by atoms with Crippen molar-refractivity contribution in [3.05, 3.63) is 53.2 Å². The highest BCUT2D eigenvalue weighted by Crippen LogP contribution is 2.23. The number of nitrogens with zero attached hydrogens (tertiary/aromatic N) is 4. The molecule has 0 bridgehead atoms. The van der Waals surface area contributed by atoms with Gasteiger partial charge in [-0.2, -0.15) is 5.10 Å². The van der Waals surface area contributed by atoms with Crippen LogP contribution in [0.15, 0.2) is 30.5 Å². The van der Waals surface area contributed by atoms with Crippen LogP contribution in [0.2, 0.25) is 0 Å². The predicted octanol–water partition coefficient (Wildman–Crippen LogP) is 1.35. The van der Waals surface area contributed by atoms with Crippen molar-refractivity contribution < 1.29 is 9.90 Å². The molecule has 3 aromatic heterocycles. The van der Waals surface area contributed by atoms with Crippen molar-refractivity contribution in [2.24, 2.45) is 5.92 Å². The fourth-order valence-corrected chi connectivity index (χ4v) is 3.48. The van der Waals surface area contributed by atoms with Gasteiger partial charge in [0, 0.05) is 36.6 Å². The fourth-order valence-electron chi connectivity index (χ4n) is 3.48. The van der Waals surface area contributed by atoms with Crippen molar-refractivity contribution in [3.63, 3.8) is 0 Å². The molecular weight excluding hydrogens is 318 g/mol. The number of nitrogens with one attached hydrogen (secondary N) is 1. The number of aliphatic hydroxyl groups is 1. The van der Waals surface area contributed by atoms with E-state index >= 15 is 0 Å². The summed E-state index contributed by atoms with van der Waals surface area (Å²) < 4.78 is 1.91. The van der Waals surface area contributed by atoms with Crippen LogP contribution in [0.4, 0.5) is 0 Å². The number of H-pyrrole nitrogens is 1. The van der Waals surface area contributed by atoms with Crippen LogP contribution in [-0.2, 0) is 6.42 Å². The van der Waals surface area contributed by atoms with Gasteiger partial charge < -0.3 is 14.4 Å². The second-order valence-corrected chi connectivity index (χ2v) is 6.81. The van der Waals surface area contributed by atoms with Crippen LogP contribution >= 0.6 is 0 Å². The molecule has 7 nitrogen and oxygen atoms in total. The van der Waals surface area contributed by atoms with Crippen molar-refractivity contribution in [2.75, 3.05) is 13.1 Å². The van der Waals surface area contributed by atoms with Crippen LogP contribution in [0.25, 0.3) is 5.65 Å². The molecule has 7 heteroatoms. The van der Waals surface area contributed by atoms with Crippen molar-refractivity contribution >= 4 is 11.6 Å². The molecule has 25 heavy (non-hydrogen) atoms. The second kappa shape index (κ2) is 6.00. The van der Waals surface area contributed by atoms with Gasteiger partial charge in [-0.25, -0.2) is 4.98 Å². The molecule has 2 atom stereocenters. The standard InChI is InChI=1S/C18H21N5O2/c1-11-6-14(21-20-11)7-13-8-22(10-16(13)24)18(25)15-9-23-12(2)4-3-5-17(23)19-15/h3-6,9,13,16,24H,7-8,10H2,1-2H3,(H,20,21)/t13-,16-/m1/s1. The number of β-amino-alcohol motifs (C(OH)–C–C–N with tert-alkyl or cyclic N) is 1. The Bertz CT molecular complexity index is 929. The third-order valence-corrected chi connectivity index (χ3v) is 4.84. The summed E-state index contributed by atoms with van der Waals surface area (Å²) in [4.78, 5) is 18.9. The van der Waals surface area contributed by atoms with E-state index in [2.05, 4.69) is 15.2 Å². The number of rotatable bonds is 3. The number of carbonyl (C=O) groups excluding carboxylic acids is 1. The minimum absolute atomic E-state index is 0.00887. The number of imidazole rings is 1. The van der Waals surface area contributed by atoms with Gasteiger partial charge in [-0.05, 0) is 38.5 Å². The van der Waals surface area contributed by atoms with Crippen molar-refractivity contribution in [2.45, 2.75) is 26.4 Å². The topological polar surface area (TPSA) is 86.5 Å². The van der Waals surface area contributed by atoms with E-state index in [1.807, 2.05) is 42.5 Å². The average molecular weight is 339 g/mol. The summed E-state index contributed by atoms with van der Waals surface area (Å²) in [5.41, 5.74) is 4.11. The highest BCUT2D eigenvalue weighted by atomic mass is 16.3. The second-order valence-electron chi connectivity index (χ2n) is 6.81. The molecule has 1 aliphatic heterocycles. The third-order valence-electron chi connectivity index (χ3n) is 4.84. The highest BCUT2D eigenvalue weighted by Gasteiger charge is 2.35. The van der Waals surface area contributed by atoms with Gasteiger partial charge in [-0.15, -0.1) is 0 Å². The zero-order valence-electron chi connectivity index (χ0n) is 14.3. The van der Waals surface area contributed by atoms with E-state index in [9.17, 15) is 9.90 Å². The number of likely N-dealkylation sites (tertiary alicyclic amines) is 1. The van der Waals surface area contributed by atoms with Crippen LogP contribution in [-0.4, -0.2) is 54.7 Å². The summed E-state index contributed by atoms with van der Waals surface area (Å²) in [6.45, 7) is 4.77. The average Bonchev–Trinajstić information content (AvgIpc) is 3.27. The molecule has 130 valence electrons. The monoisotopic (exact) mass is 339 g/mol. The predicted molar refractivity (Wildman–Crippen MR) is 92.4 cm³/mol. The summed E-state index contributed by atoms with van der Waals surface area (Å²) in [5, 5.41) is 17.5. The first-order valence-corrected chi connectivity index (χ1v) is 8.44. The molecule has 1 fully saturated rings. The lowest BCUT2D eigenvalue weighted by atomic mass is 10.0. The first-order chi connectivity index (χ1) is 12.0. The van der Waals surface area contributed by atoms with Crippen LogP contribution < -0.4 is 0 Å². The van der Waals surface area contributed by atoms with Gasteiger partial charge in [0.1, 0.15) is 11.3 Å². The van der Waals surface area contributed by atoms with E-state index in [-0.39, 0.29) is 11.8 Å². The van der Waals surface area contributed by atoms with Gasteiger partial charge in [-0.3, -0.25) is 9.89 Å². The molecule has 0 unspecified atom stereocenters.